The highest BCUT2D eigenvalue weighted by Crippen LogP contribution is 2.40. The predicted molar refractivity (Wildman–Crippen MR) is 143 cm³/mol. The molecular weight excluding hydrogens is 490 g/mol. The van der Waals surface area contributed by atoms with Crippen molar-refractivity contribution in [3.8, 4) is 0 Å². The maximum atomic E-state index is 12.8. The number of carbonyl (C=O) groups excluding carboxylic acids is 1. The first-order chi connectivity index (χ1) is 16.0. The summed E-state index contributed by atoms with van der Waals surface area (Å²) in [5.41, 5.74) is 4.02. The van der Waals surface area contributed by atoms with Crippen LogP contribution in [0.25, 0.3) is 0 Å². The van der Waals surface area contributed by atoms with Crippen LogP contribution in [-0.4, -0.2) is 80.0 Å². The molecule has 0 radical (unpaired) electrons. The summed E-state index contributed by atoms with van der Waals surface area (Å²) in [6.45, 7) is 13.1. The fourth-order valence-electron chi connectivity index (χ4n) is 3.46. The first-order valence-electron chi connectivity index (χ1n) is 12.2. The van der Waals surface area contributed by atoms with Gasteiger partial charge in [-0.05, 0) is 60.8 Å². The van der Waals surface area contributed by atoms with Gasteiger partial charge in [-0.25, -0.2) is 4.79 Å². The van der Waals surface area contributed by atoms with Gasteiger partial charge in [0.05, 0.1) is 12.0 Å². The van der Waals surface area contributed by atoms with Crippen molar-refractivity contribution in [3.05, 3.63) is 0 Å². The molecule has 0 spiro atoms. The van der Waals surface area contributed by atoms with Gasteiger partial charge >= 0.3 is 11.9 Å². The van der Waals surface area contributed by atoms with Gasteiger partial charge in [0.15, 0.2) is 0 Å². The van der Waals surface area contributed by atoms with E-state index in [2.05, 4.69) is 10.6 Å². The highest BCUT2D eigenvalue weighted by atomic mass is 32.2. The standard InChI is InChI=1S/C24H45N3O6S2/c1-8-11-24(7,25)33-14-23(5,6)21(32)26-15(19(28)29)12-34-17-9-10-18(17)35-13-16(20(30)31)27-22(2,3)4/h15-18,27H,8-14,25H2,1-7H3,(H,26,32)(H,28,29)(H,30,31). The Kier molecular flexibility index (Phi) is 12.4. The predicted octanol–water partition coefficient (Wildman–Crippen LogP) is 2.91. The van der Waals surface area contributed by atoms with Crippen LogP contribution in [0.1, 0.15) is 74.1 Å². The summed E-state index contributed by atoms with van der Waals surface area (Å²) >= 11 is 3.13. The second-order valence-corrected chi connectivity index (χ2v) is 13.7. The van der Waals surface area contributed by atoms with E-state index in [0.29, 0.717) is 12.2 Å². The number of amides is 1. The number of hydrogen-bond acceptors (Lipinski definition) is 8. The van der Waals surface area contributed by atoms with Crippen molar-refractivity contribution < 1.29 is 29.3 Å². The summed E-state index contributed by atoms with van der Waals surface area (Å²) in [4.78, 5) is 36.2. The summed E-state index contributed by atoms with van der Waals surface area (Å²) in [7, 11) is 0. The fraction of sp³-hybridized carbons (Fsp3) is 0.875. The first kappa shape index (κ1) is 32.0. The Morgan fingerprint density at radius 1 is 0.971 bits per heavy atom. The van der Waals surface area contributed by atoms with Gasteiger partial charge in [0, 0.05) is 27.5 Å². The third-order valence-electron chi connectivity index (χ3n) is 5.74. The molecule has 0 bridgehead atoms. The highest BCUT2D eigenvalue weighted by molar-refractivity contribution is 8.04. The van der Waals surface area contributed by atoms with Gasteiger partial charge in [-0.3, -0.25) is 14.9 Å². The van der Waals surface area contributed by atoms with E-state index in [-0.39, 0.29) is 28.4 Å². The van der Waals surface area contributed by atoms with E-state index in [0.717, 1.165) is 19.3 Å². The zero-order valence-electron chi connectivity index (χ0n) is 22.2. The second-order valence-electron chi connectivity index (χ2n) is 11.2. The molecular formula is C24H45N3O6S2. The summed E-state index contributed by atoms with van der Waals surface area (Å²) < 4.78 is 5.74. The van der Waals surface area contributed by atoms with Gasteiger partial charge < -0.3 is 26.0 Å². The van der Waals surface area contributed by atoms with Crippen LogP contribution >= 0.6 is 23.5 Å². The van der Waals surface area contributed by atoms with Crippen LogP contribution in [0.2, 0.25) is 0 Å². The zero-order valence-corrected chi connectivity index (χ0v) is 23.8. The van der Waals surface area contributed by atoms with Crippen molar-refractivity contribution in [2.75, 3.05) is 18.1 Å². The lowest BCUT2D eigenvalue weighted by atomic mass is 9.93. The van der Waals surface area contributed by atoms with Crippen molar-refractivity contribution in [3.63, 3.8) is 0 Å². The Morgan fingerprint density at radius 3 is 1.86 bits per heavy atom. The van der Waals surface area contributed by atoms with Crippen molar-refractivity contribution in [2.24, 2.45) is 11.1 Å². The maximum Gasteiger partial charge on any atom is 0.327 e. The molecule has 1 fully saturated rings. The minimum Gasteiger partial charge on any atom is -0.480 e. The van der Waals surface area contributed by atoms with Crippen molar-refractivity contribution in [1.29, 1.82) is 0 Å². The minimum atomic E-state index is -1.08. The molecule has 6 N–H and O–H groups in total. The molecule has 1 saturated carbocycles. The smallest absolute Gasteiger partial charge is 0.327 e. The number of carbonyl (C=O) groups is 3. The van der Waals surface area contributed by atoms with E-state index in [1.807, 2.05) is 27.7 Å². The third-order valence-corrected chi connectivity index (χ3v) is 8.95. The lowest BCUT2D eigenvalue weighted by Gasteiger charge is -2.37. The zero-order chi connectivity index (χ0) is 27.0. The normalized spacial score (nSPS) is 21.9. The average molecular weight is 536 g/mol. The molecule has 0 aliphatic heterocycles. The van der Waals surface area contributed by atoms with Crippen LogP contribution in [0.5, 0.6) is 0 Å². The maximum absolute atomic E-state index is 12.8. The molecule has 5 atom stereocenters. The first-order valence-corrected chi connectivity index (χ1v) is 14.3. The van der Waals surface area contributed by atoms with Crippen molar-refractivity contribution >= 4 is 41.4 Å². The number of hydrogen-bond donors (Lipinski definition) is 5. The van der Waals surface area contributed by atoms with E-state index in [1.165, 1.54) is 11.8 Å². The highest BCUT2D eigenvalue weighted by Gasteiger charge is 2.37. The monoisotopic (exact) mass is 535 g/mol. The summed E-state index contributed by atoms with van der Waals surface area (Å²) in [6.07, 6.45) is 3.41. The van der Waals surface area contributed by atoms with E-state index in [1.54, 1.807) is 32.5 Å². The summed E-state index contributed by atoms with van der Waals surface area (Å²) in [6, 6.07) is -1.67. The molecule has 11 heteroatoms. The quantitative estimate of drug-likeness (QED) is 0.187. The number of ether oxygens (including phenoxy) is 1. The minimum absolute atomic E-state index is 0.0833. The number of rotatable bonds is 16. The summed E-state index contributed by atoms with van der Waals surface area (Å²) in [5, 5.41) is 25.5. The van der Waals surface area contributed by atoms with Gasteiger partial charge in [0.1, 0.15) is 17.8 Å². The van der Waals surface area contributed by atoms with E-state index >= 15 is 0 Å². The Hall–Kier alpha value is -1.01. The van der Waals surface area contributed by atoms with Crippen LogP contribution < -0.4 is 16.4 Å². The molecule has 1 amide bonds. The largest absolute Gasteiger partial charge is 0.480 e. The number of nitrogens with one attached hydrogen (secondary N) is 2. The Balaban J connectivity index is 2.59. The van der Waals surface area contributed by atoms with Gasteiger partial charge in [-0.2, -0.15) is 23.5 Å². The third kappa shape index (κ3) is 11.7. The molecule has 0 saturated heterocycles. The SMILES string of the molecule is CCCC(C)(N)OCC(C)(C)C(=O)NC(CSC1CCC1SCC(NC(C)(C)C)C(=O)O)C(=O)O. The van der Waals surface area contributed by atoms with Crippen molar-refractivity contribution in [2.45, 2.75) is 108 Å². The number of thioether (sulfide) groups is 2. The van der Waals surface area contributed by atoms with Gasteiger partial charge in [0.25, 0.3) is 0 Å². The van der Waals surface area contributed by atoms with Crippen LogP contribution in [0.4, 0.5) is 0 Å². The van der Waals surface area contributed by atoms with E-state index in [9.17, 15) is 24.6 Å². The molecule has 1 aliphatic carbocycles. The fourth-order valence-corrected chi connectivity index (χ4v) is 6.57. The average Bonchev–Trinajstić information content (AvgIpc) is 2.69. The van der Waals surface area contributed by atoms with E-state index < -0.39 is 41.1 Å². The van der Waals surface area contributed by atoms with Crippen molar-refractivity contribution in [1.82, 2.24) is 10.6 Å². The Morgan fingerprint density at radius 2 is 1.46 bits per heavy atom. The second kappa shape index (κ2) is 13.5. The van der Waals surface area contributed by atoms with Crippen LogP contribution in [-0.2, 0) is 19.1 Å². The lowest BCUT2D eigenvalue weighted by Crippen LogP contribution is -2.51. The van der Waals surface area contributed by atoms with Crippen LogP contribution in [0.3, 0.4) is 0 Å². The molecule has 0 aromatic carbocycles. The molecule has 5 unspecified atom stereocenters. The van der Waals surface area contributed by atoms with Gasteiger partial charge in [-0.15, -0.1) is 0 Å². The topological polar surface area (TPSA) is 151 Å². The molecule has 35 heavy (non-hydrogen) atoms. The number of aliphatic carboxylic acids is 2. The molecule has 0 heterocycles. The van der Waals surface area contributed by atoms with Crippen LogP contribution in [0.15, 0.2) is 0 Å². The Bertz CT molecular complexity index is 727. The molecule has 204 valence electrons. The van der Waals surface area contributed by atoms with Gasteiger partial charge in [-0.1, -0.05) is 13.3 Å². The molecule has 9 nitrogen and oxygen atoms in total. The lowest BCUT2D eigenvalue weighted by molar-refractivity contribution is -0.145. The van der Waals surface area contributed by atoms with Crippen LogP contribution in [0, 0.1) is 5.41 Å². The summed E-state index contributed by atoms with van der Waals surface area (Å²) in [5.74, 6) is -1.66. The molecule has 0 aromatic rings. The molecule has 0 aromatic heterocycles. The molecule has 1 rings (SSSR count). The number of carboxylic acids is 2. The molecule has 1 aliphatic rings. The van der Waals surface area contributed by atoms with Gasteiger partial charge in [0.2, 0.25) is 5.91 Å². The van der Waals surface area contributed by atoms with E-state index in [4.69, 9.17) is 10.5 Å². The number of carboxylic acid groups (broad SMARTS) is 2. The Labute approximate surface area is 218 Å². The number of nitrogens with two attached hydrogens (primary N) is 1.